The van der Waals surface area contributed by atoms with Crippen molar-refractivity contribution in [3.8, 4) is 5.75 Å². The van der Waals surface area contributed by atoms with Crippen LogP contribution in [0.4, 0.5) is 5.69 Å². The monoisotopic (exact) mass is 326 g/mol. The van der Waals surface area contributed by atoms with Crippen molar-refractivity contribution in [2.24, 2.45) is 0 Å². The fourth-order valence-electron chi connectivity index (χ4n) is 1.80. The molecule has 21 heavy (non-hydrogen) atoms. The zero-order valence-corrected chi connectivity index (χ0v) is 12.9. The highest BCUT2D eigenvalue weighted by Crippen LogP contribution is 2.26. The van der Waals surface area contributed by atoms with E-state index in [4.69, 9.17) is 22.1 Å². The van der Waals surface area contributed by atoms with Crippen LogP contribution in [0.5, 0.6) is 5.75 Å². The minimum atomic E-state index is -3.72. The molecule has 0 spiro atoms. The van der Waals surface area contributed by atoms with Gasteiger partial charge in [0, 0.05) is 23.3 Å². The maximum atomic E-state index is 12.3. The van der Waals surface area contributed by atoms with Crippen molar-refractivity contribution in [2.75, 3.05) is 12.8 Å². The summed E-state index contributed by atoms with van der Waals surface area (Å²) in [6.07, 6.45) is 0. The SMILES string of the molecule is COc1cc(N)ccc1S(=O)(=O)NCc1ccccc1Cl. The van der Waals surface area contributed by atoms with Gasteiger partial charge >= 0.3 is 0 Å². The average molecular weight is 327 g/mol. The van der Waals surface area contributed by atoms with Gasteiger partial charge < -0.3 is 10.5 Å². The molecule has 0 aliphatic rings. The highest BCUT2D eigenvalue weighted by molar-refractivity contribution is 7.89. The van der Waals surface area contributed by atoms with E-state index in [-0.39, 0.29) is 17.2 Å². The van der Waals surface area contributed by atoms with Crippen LogP contribution in [0.3, 0.4) is 0 Å². The van der Waals surface area contributed by atoms with Crippen molar-refractivity contribution >= 4 is 27.3 Å². The Morgan fingerprint density at radius 1 is 1.24 bits per heavy atom. The van der Waals surface area contributed by atoms with Crippen molar-refractivity contribution in [3.05, 3.63) is 53.1 Å². The van der Waals surface area contributed by atoms with Gasteiger partial charge in [-0.2, -0.15) is 0 Å². The molecule has 5 nitrogen and oxygen atoms in total. The van der Waals surface area contributed by atoms with Crippen LogP contribution >= 0.6 is 11.6 Å². The molecule has 0 amide bonds. The van der Waals surface area contributed by atoms with E-state index in [0.29, 0.717) is 16.3 Å². The zero-order chi connectivity index (χ0) is 15.5. The van der Waals surface area contributed by atoms with Gasteiger partial charge in [0.25, 0.3) is 0 Å². The molecule has 0 radical (unpaired) electrons. The molecule has 2 aromatic carbocycles. The second kappa shape index (κ2) is 6.34. The zero-order valence-electron chi connectivity index (χ0n) is 11.3. The summed E-state index contributed by atoms with van der Waals surface area (Å²) in [4.78, 5) is 0.0336. The Hall–Kier alpha value is -1.76. The standard InChI is InChI=1S/C14H15ClN2O3S/c1-20-13-8-11(16)6-7-14(13)21(18,19)17-9-10-4-2-3-5-12(10)15/h2-8,17H,9,16H2,1H3. The molecular weight excluding hydrogens is 312 g/mol. The molecule has 3 N–H and O–H groups in total. The number of methoxy groups -OCH3 is 1. The number of halogens is 1. The van der Waals surface area contributed by atoms with Crippen molar-refractivity contribution < 1.29 is 13.2 Å². The third kappa shape index (κ3) is 3.66. The number of benzene rings is 2. The molecule has 2 rings (SSSR count). The minimum Gasteiger partial charge on any atom is -0.495 e. The van der Waals surface area contributed by atoms with E-state index >= 15 is 0 Å². The van der Waals surface area contributed by atoms with E-state index in [1.54, 1.807) is 24.3 Å². The molecule has 0 bridgehead atoms. The maximum Gasteiger partial charge on any atom is 0.244 e. The lowest BCUT2D eigenvalue weighted by Gasteiger charge is -2.12. The van der Waals surface area contributed by atoms with Crippen LogP contribution in [-0.2, 0) is 16.6 Å². The molecule has 0 unspecified atom stereocenters. The molecule has 0 heterocycles. The van der Waals surface area contributed by atoms with Crippen molar-refractivity contribution in [3.63, 3.8) is 0 Å². The molecule has 0 saturated carbocycles. The van der Waals surface area contributed by atoms with Gasteiger partial charge in [0.15, 0.2) is 0 Å². The number of anilines is 1. The summed E-state index contributed by atoms with van der Waals surface area (Å²) >= 11 is 6.00. The van der Waals surface area contributed by atoms with Gasteiger partial charge in [0.05, 0.1) is 7.11 Å². The van der Waals surface area contributed by atoms with Gasteiger partial charge in [-0.25, -0.2) is 13.1 Å². The first-order valence-electron chi connectivity index (χ1n) is 6.10. The normalized spacial score (nSPS) is 11.3. The van der Waals surface area contributed by atoms with E-state index < -0.39 is 10.0 Å². The Kier molecular flexibility index (Phi) is 4.72. The van der Waals surface area contributed by atoms with Crippen LogP contribution in [0, 0.1) is 0 Å². The van der Waals surface area contributed by atoms with Gasteiger partial charge in [-0.1, -0.05) is 29.8 Å². The van der Waals surface area contributed by atoms with Crippen LogP contribution in [0.15, 0.2) is 47.4 Å². The number of rotatable bonds is 5. The van der Waals surface area contributed by atoms with Crippen LogP contribution < -0.4 is 15.2 Å². The lowest BCUT2D eigenvalue weighted by atomic mass is 10.2. The summed E-state index contributed by atoms with van der Waals surface area (Å²) in [5.41, 5.74) is 6.74. The minimum absolute atomic E-state index is 0.0336. The summed E-state index contributed by atoms with van der Waals surface area (Å²) in [6, 6.07) is 11.4. The van der Waals surface area contributed by atoms with Gasteiger partial charge in [-0.3, -0.25) is 0 Å². The molecule has 0 saturated heterocycles. The average Bonchev–Trinajstić information content (AvgIpc) is 2.46. The van der Waals surface area contributed by atoms with E-state index in [9.17, 15) is 8.42 Å². The van der Waals surface area contributed by atoms with Gasteiger partial charge in [-0.05, 0) is 23.8 Å². The van der Waals surface area contributed by atoms with E-state index in [2.05, 4.69) is 4.72 Å². The molecular formula is C14H15ClN2O3S. The Labute approximate surface area is 128 Å². The molecule has 2 aromatic rings. The van der Waals surface area contributed by atoms with Crippen LogP contribution in [0.1, 0.15) is 5.56 Å². The summed E-state index contributed by atoms with van der Waals surface area (Å²) < 4.78 is 32.2. The third-order valence-electron chi connectivity index (χ3n) is 2.89. The lowest BCUT2D eigenvalue weighted by molar-refractivity contribution is 0.402. The Balaban J connectivity index is 2.25. The molecule has 0 aliphatic carbocycles. The lowest BCUT2D eigenvalue weighted by Crippen LogP contribution is -2.24. The fourth-order valence-corrected chi connectivity index (χ4v) is 3.16. The van der Waals surface area contributed by atoms with Crippen molar-refractivity contribution in [1.82, 2.24) is 4.72 Å². The van der Waals surface area contributed by atoms with Crippen molar-refractivity contribution in [1.29, 1.82) is 0 Å². The first-order valence-corrected chi connectivity index (χ1v) is 7.97. The molecule has 0 aliphatic heterocycles. The molecule has 0 atom stereocenters. The smallest absolute Gasteiger partial charge is 0.244 e. The first-order chi connectivity index (χ1) is 9.94. The molecule has 0 fully saturated rings. The first kappa shape index (κ1) is 15.6. The highest BCUT2D eigenvalue weighted by atomic mass is 35.5. The number of nitrogen functional groups attached to an aromatic ring is 1. The topological polar surface area (TPSA) is 81.4 Å². The third-order valence-corrected chi connectivity index (χ3v) is 4.70. The Morgan fingerprint density at radius 3 is 2.62 bits per heavy atom. The van der Waals surface area contributed by atoms with Gasteiger partial charge in [0.2, 0.25) is 10.0 Å². The summed E-state index contributed by atoms with van der Waals surface area (Å²) in [5, 5.41) is 0.504. The predicted molar refractivity (Wildman–Crippen MR) is 82.9 cm³/mol. The van der Waals surface area contributed by atoms with Gasteiger partial charge in [0.1, 0.15) is 10.6 Å². The van der Waals surface area contributed by atoms with Crippen molar-refractivity contribution in [2.45, 2.75) is 11.4 Å². The fraction of sp³-hybridized carbons (Fsp3) is 0.143. The number of sulfonamides is 1. The maximum absolute atomic E-state index is 12.3. The van der Waals surface area contributed by atoms with E-state index in [1.807, 2.05) is 0 Å². The van der Waals surface area contributed by atoms with E-state index in [1.165, 1.54) is 25.3 Å². The summed E-state index contributed by atoms with van der Waals surface area (Å²) in [6.45, 7) is 0.0928. The number of nitrogens with two attached hydrogens (primary N) is 1. The summed E-state index contributed by atoms with van der Waals surface area (Å²) in [5.74, 6) is 0.196. The molecule has 112 valence electrons. The number of hydrogen-bond donors (Lipinski definition) is 2. The second-order valence-electron chi connectivity index (χ2n) is 4.33. The van der Waals surface area contributed by atoms with Crippen LogP contribution in [0.25, 0.3) is 0 Å². The highest BCUT2D eigenvalue weighted by Gasteiger charge is 2.19. The number of ether oxygens (including phenoxy) is 1. The Morgan fingerprint density at radius 2 is 1.95 bits per heavy atom. The summed E-state index contributed by atoms with van der Waals surface area (Å²) in [7, 11) is -2.33. The number of hydrogen-bond acceptors (Lipinski definition) is 4. The number of nitrogens with one attached hydrogen (secondary N) is 1. The van der Waals surface area contributed by atoms with E-state index in [0.717, 1.165) is 0 Å². The Bertz CT molecular complexity index is 748. The molecule has 0 aromatic heterocycles. The predicted octanol–water partition coefficient (Wildman–Crippen LogP) is 2.41. The second-order valence-corrected chi connectivity index (χ2v) is 6.47. The quantitative estimate of drug-likeness (QED) is 0.827. The largest absolute Gasteiger partial charge is 0.495 e. The molecule has 7 heteroatoms. The van der Waals surface area contributed by atoms with Gasteiger partial charge in [-0.15, -0.1) is 0 Å². The van der Waals surface area contributed by atoms with Crippen LogP contribution in [-0.4, -0.2) is 15.5 Å². The van der Waals surface area contributed by atoms with Crippen LogP contribution in [0.2, 0.25) is 5.02 Å².